The van der Waals surface area contributed by atoms with Gasteiger partial charge in [0.1, 0.15) is 0 Å². The smallest absolute Gasteiger partial charge is 0.237 e. The summed E-state index contributed by atoms with van der Waals surface area (Å²) in [7, 11) is 0. The van der Waals surface area contributed by atoms with Crippen LogP contribution in [0.3, 0.4) is 0 Å². The number of rotatable bonds is 2. The Hall–Kier alpha value is -1.29. The first-order valence-electron chi connectivity index (χ1n) is 4.44. The van der Waals surface area contributed by atoms with Crippen molar-refractivity contribution in [2.24, 2.45) is 4.99 Å². The SMILES string of the molecule is C/C(=C\c1ccccc1)N=C(Cl)C(F)(F)F. The maximum absolute atomic E-state index is 12.1. The summed E-state index contributed by atoms with van der Waals surface area (Å²) in [4.78, 5) is 3.26. The number of benzene rings is 1. The van der Waals surface area contributed by atoms with E-state index in [1.54, 1.807) is 24.3 Å². The van der Waals surface area contributed by atoms with Crippen molar-refractivity contribution in [1.29, 1.82) is 0 Å². The van der Waals surface area contributed by atoms with Crippen molar-refractivity contribution in [1.82, 2.24) is 0 Å². The third kappa shape index (κ3) is 4.06. The molecule has 0 atom stereocenters. The molecular weight excluding hydrogens is 239 g/mol. The monoisotopic (exact) mass is 247 g/mol. The Morgan fingerprint density at radius 1 is 1.25 bits per heavy atom. The van der Waals surface area contributed by atoms with Crippen LogP contribution >= 0.6 is 11.6 Å². The van der Waals surface area contributed by atoms with Crippen molar-refractivity contribution in [2.75, 3.05) is 0 Å². The summed E-state index contributed by atoms with van der Waals surface area (Å²) < 4.78 is 36.2. The summed E-state index contributed by atoms with van der Waals surface area (Å²) in [6.07, 6.45) is -3.07. The number of hydrogen-bond acceptors (Lipinski definition) is 1. The Kier molecular flexibility index (Phi) is 4.12. The lowest BCUT2D eigenvalue weighted by Crippen LogP contribution is -2.16. The molecule has 86 valence electrons. The van der Waals surface area contributed by atoms with E-state index in [2.05, 4.69) is 4.99 Å². The van der Waals surface area contributed by atoms with Gasteiger partial charge in [-0.1, -0.05) is 41.9 Å². The summed E-state index contributed by atoms with van der Waals surface area (Å²) in [6, 6.07) is 8.92. The molecule has 16 heavy (non-hydrogen) atoms. The van der Waals surface area contributed by atoms with Gasteiger partial charge in [-0.15, -0.1) is 0 Å². The normalized spacial score (nSPS) is 14.1. The second kappa shape index (κ2) is 5.16. The summed E-state index contributed by atoms with van der Waals surface area (Å²) >= 11 is 5.00. The van der Waals surface area contributed by atoms with Gasteiger partial charge in [-0.05, 0) is 18.6 Å². The summed E-state index contributed by atoms with van der Waals surface area (Å²) in [5, 5.41) is -1.36. The van der Waals surface area contributed by atoms with E-state index >= 15 is 0 Å². The molecule has 1 aromatic rings. The van der Waals surface area contributed by atoms with Gasteiger partial charge in [0.15, 0.2) is 0 Å². The summed E-state index contributed by atoms with van der Waals surface area (Å²) in [5.74, 6) is 0. The zero-order valence-corrected chi connectivity index (χ0v) is 9.18. The highest BCUT2D eigenvalue weighted by Crippen LogP contribution is 2.21. The minimum absolute atomic E-state index is 0.202. The van der Waals surface area contributed by atoms with E-state index in [1.807, 2.05) is 6.07 Å². The van der Waals surface area contributed by atoms with Crippen LogP contribution in [0.15, 0.2) is 41.0 Å². The molecule has 0 bridgehead atoms. The van der Waals surface area contributed by atoms with Crippen molar-refractivity contribution in [2.45, 2.75) is 13.1 Å². The Labute approximate surface area is 96.3 Å². The Morgan fingerprint density at radius 3 is 2.31 bits per heavy atom. The number of hydrogen-bond donors (Lipinski definition) is 0. The van der Waals surface area contributed by atoms with E-state index in [9.17, 15) is 13.2 Å². The zero-order chi connectivity index (χ0) is 12.2. The largest absolute Gasteiger partial charge is 0.444 e. The minimum Gasteiger partial charge on any atom is -0.237 e. The van der Waals surface area contributed by atoms with Crippen LogP contribution in [0.1, 0.15) is 12.5 Å². The number of aliphatic imine (C=N–C) groups is 1. The zero-order valence-electron chi connectivity index (χ0n) is 8.42. The lowest BCUT2D eigenvalue weighted by atomic mass is 10.2. The quantitative estimate of drug-likeness (QED) is 0.693. The van der Waals surface area contributed by atoms with Gasteiger partial charge in [0.05, 0.1) is 0 Å². The molecule has 5 heteroatoms. The van der Waals surface area contributed by atoms with Crippen LogP contribution in [0.5, 0.6) is 0 Å². The van der Waals surface area contributed by atoms with Crippen LogP contribution in [-0.2, 0) is 0 Å². The van der Waals surface area contributed by atoms with Gasteiger partial charge in [0.2, 0.25) is 5.17 Å². The van der Waals surface area contributed by atoms with E-state index < -0.39 is 11.3 Å². The molecule has 0 N–H and O–H groups in total. The average Bonchev–Trinajstić information content (AvgIpc) is 2.17. The van der Waals surface area contributed by atoms with Gasteiger partial charge in [0.25, 0.3) is 0 Å². The Morgan fingerprint density at radius 2 is 1.81 bits per heavy atom. The predicted molar refractivity (Wildman–Crippen MR) is 59.4 cm³/mol. The van der Waals surface area contributed by atoms with Crippen molar-refractivity contribution >= 4 is 22.8 Å². The van der Waals surface area contributed by atoms with Crippen molar-refractivity contribution in [3.05, 3.63) is 41.6 Å². The van der Waals surface area contributed by atoms with E-state index in [0.717, 1.165) is 5.56 Å². The highest BCUT2D eigenvalue weighted by Gasteiger charge is 2.34. The minimum atomic E-state index is -4.59. The maximum Gasteiger partial charge on any atom is 0.444 e. The molecule has 0 heterocycles. The number of halogens is 4. The van der Waals surface area contributed by atoms with E-state index in [4.69, 9.17) is 11.6 Å². The van der Waals surface area contributed by atoms with Gasteiger partial charge < -0.3 is 0 Å². The summed E-state index contributed by atoms with van der Waals surface area (Å²) in [6.45, 7) is 1.46. The number of allylic oxidation sites excluding steroid dienone is 1. The molecule has 0 aromatic heterocycles. The Balaban J connectivity index is 2.88. The molecule has 1 nitrogen and oxygen atoms in total. The molecule has 0 aliphatic heterocycles. The molecule has 0 spiro atoms. The second-order valence-corrected chi connectivity index (χ2v) is 3.45. The topological polar surface area (TPSA) is 12.4 Å². The fraction of sp³-hybridized carbons (Fsp3) is 0.182. The lowest BCUT2D eigenvalue weighted by Gasteiger charge is -2.03. The van der Waals surface area contributed by atoms with Crippen molar-refractivity contribution in [3.63, 3.8) is 0 Å². The third-order valence-corrected chi connectivity index (χ3v) is 1.98. The maximum atomic E-state index is 12.1. The molecule has 0 saturated carbocycles. The molecule has 0 aliphatic rings. The first-order valence-corrected chi connectivity index (χ1v) is 4.82. The second-order valence-electron chi connectivity index (χ2n) is 3.10. The molecule has 0 saturated heterocycles. The van der Waals surface area contributed by atoms with Crippen LogP contribution in [-0.4, -0.2) is 11.3 Å². The van der Waals surface area contributed by atoms with Crippen LogP contribution in [0.2, 0.25) is 0 Å². The predicted octanol–water partition coefficient (Wildman–Crippen LogP) is 4.25. The average molecular weight is 248 g/mol. The number of nitrogens with zero attached hydrogens (tertiary/aromatic N) is 1. The standard InChI is InChI=1S/C11H9ClF3N/c1-8(16-10(12)11(13,14)15)7-9-5-3-2-4-6-9/h2-7H,1H3/b8-7+,16-10?. The molecule has 0 amide bonds. The molecule has 0 aliphatic carbocycles. The molecule has 0 fully saturated rings. The number of alkyl halides is 3. The van der Waals surface area contributed by atoms with E-state index in [1.165, 1.54) is 13.0 Å². The molecular formula is C11H9ClF3N. The fourth-order valence-corrected chi connectivity index (χ4v) is 1.17. The third-order valence-electron chi connectivity index (χ3n) is 1.68. The highest BCUT2D eigenvalue weighted by molar-refractivity contribution is 6.67. The van der Waals surface area contributed by atoms with Crippen LogP contribution < -0.4 is 0 Å². The van der Waals surface area contributed by atoms with Gasteiger partial charge >= 0.3 is 6.18 Å². The van der Waals surface area contributed by atoms with E-state index in [-0.39, 0.29) is 5.70 Å². The van der Waals surface area contributed by atoms with Crippen LogP contribution in [0, 0.1) is 0 Å². The fourth-order valence-electron chi connectivity index (χ4n) is 1.04. The van der Waals surface area contributed by atoms with Crippen molar-refractivity contribution < 1.29 is 13.2 Å². The molecule has 0 radical (unpaired) electrons. The van der Waals surface area contributed by atoms with Gasteiger partial charge in [-0.25, -0.2) is 4.99 Å². The first kappa shape index (κ1) is 12.8. The van der Waals surface area contributed by atoms with Crippen LogP contribution in [0.4, 0.5) is 13.2 Å². The summed E-state index contributed by atoms with van der Waals surface area (Å²) in [5.41, 5.74) is 0.976. The molecule has 0 unspecified atom stereocenters. The Bertz CT molecular complexity index is 407. The molecule has 1 aromatic carbocycles. The van der Waals surface area contributed by atoms with Gasteiger partial charge in [-0.2, -0.15) is 13.2 Å². The highest BCUT2D eigenvalue weighted by atomic mass is 35.5. The van der Waals surface area contributed by atoms with Gasteiger partial charge in [-0.3, -0.25) is 0 Å². The molecule has 1 rings (SSSR count). The van der Waals surface area contributed by atoms with Crippen LogP contribution in [0.25, 0.3) is 6.08 Å². The first-order chi connectivity index (χ1) is 7.39. The van der Waals surface area contributed by atoms with E-state index in [0.29, 0.717) is 0 Å². The van der Waals surface area contributed by atoms with Crippen molar-refractivity contribution in [3.8, 4) is 0 Å². The lowest BCUT2D eigenvalue weighted by molar-refractivity contribution is -0.0559. The van der Waals surface area contributed by atoms with Gasteiger partial charge in [0, 0.05) is 5.70 Å².